The highest BCUT2D eigenvalue weighted by Crippen LogP contribution is 2.29. The summed E-state index contributed by atoms with van der Waals surface area (Å²) in [6, 6.07) is 3.49. The number of phenolic OH excluding ortho intramolecular Hbond substituents is 1. The van der Waals surface area contributed by atoms with Crippen LogP contribution in [0.15, 0.2) is 12.1 Å². The number of benzene rings is 1. The van der Waals surface area contributed by atoms with Crippen LogP contribution in [-0.2, 0) is 0 Å². The number of hydrogen-bond acceptors (Lipinski definition) is 3. The molecule has 0 spiro atoms. The summed E-state index contributed by atoms with van der Waals surface area (Å²) in [6.07, 6.45) is 5.07. The minimum Gasteiger partial charge on any atom is -0.508 e. The van der Waals surface area contributed by atoms with Gasteiger partial charge < -0.3 is 15.4 Å². The Morgan fingerprint density at radius 3 is 2.56 bits per heavy atom. The maximum Gasteiger partial charge on any atom is 0.117 e. The van der Waals surface area contributed by atoms with Gasteiger partial charge in [-0.3, -0.25) is 0 Å². The molecule has 0 unspecified atom stereocenters. The summed E-state index contributed by atoms with van der Waals surface area (Å²) in [5.41, 5.74) is 2.91. The van der Waals surface area contributed by atoms with Crippen molar-refractivity contribution in [3.63, 3.8) is 0 Å². The molecule has 16 heavy (non-hydrogen) atoms. The molecule has 0 bridgehead atoms. The number of nitrogens with zero attached hydrogens (tertiary/aromatic N) is 1. The molecule has 0 radical (unpaired) electrons. The molecule has 0 saturated carbocycles. The van der Waals surface area contributed by atoms with Crippen molar-refractivity contribution in [2.45, 2.75) is 26.2 Å². The molecule has 2 N–H and O–H groups in total. The number of phenols is 1. The monoisotopic (exact) mass is 218 g/mol. The van der Waals surface area contributed by atoms with E-state index in [1.165, 1.54) is 25.5 Å². The summed E-state index contributed by atoms with van der Waals surface area (Å²) in [5, 5.41) is 17.1. The van der Waals surface area contributed by atoms with Crippen LogP contribution in [0, 0.1) is 12.3 Å². The summed E-state index contributed by atoms with van der Waals surface area (Å²) in [6.45, 7) is 4.00. The van der Waals surface area contributed by atoms with Crippen molar-refractivity contribution in [1.82, 2.24) is 0 Å². The number of piperidine rings is 1. The van der Waals surface area contributed by atoms with Gasteiger partial charge in [-0.1, -0.05) is 0 Å². The number of rotatable bonds is 2. The van der Waals surface area contributed by atoms with Gasteiger partial charge in [-0.15, -0.1) is 0 Å². The maximum atomic E-state index is 9.64. The van der Waals surface area contributed by atoms with E-state index in [-0.39, 0.29) is 0 Å². The lowest BCUT2D eigenvalue weighted by atomic mass is 10.0. The molecule has 0 aromatic heterocycles. The van der Waals surface area contributed by atoms with Crippen LogP contribution in [0.5, 0.6) is 5.75 Å². The van der Waals surface area contributed by atoms with Crippen molar-refractivity contribution in [2.75, 3.05) is 18.0 Å². The maximum absolute atomic E-state index is 9.64. The summed E-state index contributed by atoms with van der Waals surface area (Å²) in [4.78, 5) is 2.27. The quantitative estimate of drug-likeness (QED) is 0.750. The summed E-state index contributed by atoms with van der Waals surface area (Å²) >= 11 is 0. The molecule has 1 saturated heterocycles. The lowest BCUT2D eigenvalue weighted by molar-refractivity contribution is 0.474. The van der Waals surface area contributed by atoms with Gasteiger partial charge in [0.25, 0.3) is 0 Å². The molecule has 0 atom stereocenters. The van der Waals surface area contributed by atoms with E-state index in [1.54, 1.807) is 12.1 Å². The zero-order valence-corrected chi connectivity index (χ0v) is 9.66. The topological polar surface area (TPSA) is 47.3 Å². The van der Waals surface area contributed by atoms with E-state index in [4.69, 9.17) is 5.41 Å². The largest absolute Gasteiger partial charge is 0.508 e. The van der Waals surface area contributed by atoms with Crippen molar-refractivity contribution >= 4 is 11.9 Å². The molecule has 1 fully saturated rings. The zero-order valence-electron chi connectivity index (χ0n) is 9.66. The number of anilines is 1. The number of aromatic hydroxyl groups is 1. The fraction of sp³-hybridized carbons (Fsp3) is 0.462. The van der Waals surface area contributed by atoms with Crippen LogP contribution in [0.3, 0.4) is 0 Å². The van der Waals surface area contributed by atoms with Gasteiger partial charge in [0.2, 0.25) is 0 Å². The van der Waals surface area contributed by atoms with Crippen LogP contribution in [0.2, 0.25) is 0 Å². The Balaban J connectivity index is 2.40. The molecule has 1 aliphatic rings. The first-order valence-electron chi connectivity index (χ1n) is 5.81. The summed E-state index contributed by atoms with van der Waals surface area (Å²) < 4.78 is 0. The van der Waals surface area contributed by atoms with Gasteiger partial charge in [0.05, 0.1) is 0 Å². The number of nitrogens with one attached hydrogen (secondary N) is 1. The van der Waals surface area contributed by atoms with Gasteiger partial charge in [0.15, 0.2) is 0 Å². The van der Waals surface area contributed by atoms with Crippen LogP contribution in [-0.4, -0.2) is 24.4 Å². The van der Waals surface area contributed by atoms with Crippen LogP contribution in [0.4, 0.5) is 5.69 Å². The highest BCUT2D eigenvalue weighted by Gasteiger charge is 2.15. The number of hydrogen-bond donors (Lipinski definition) is 2. The SMILES string of the molecule is Cc1cc(O)cc(N2CCCCC2)c1C=N. The Labute approximate surface area is 96.2 Å². The Morgan fingerprint density at radius 1 is 1.25 bits per heavy atom. The van der Waals surface area contributed by atoms with E-state index in [0.717, 1.165) is 29.9 Å². The first-order valence-corrected chi connectivity index (χ1v) is 5.81. The molecule has 3 heteroatoms. The molecule has 86 valence electrons. The van der Waals surface area contributed by atoms with Crippen LogP contribution in [0.1, 0.15) is 30.4 Å². The fourth-order valence-corrected chi connectivity index (χ4v) is 2.35. The van der Waals surface area contributed by atoms with E-state index < -0.39 is 0 Å². The van der Waals surface area contributed by atoms with E-state index >= 15 is 0 Å². The van der Waals surface area contributed by atoms with Gasteiger partial charge >= 0.3 is 0 Å². The third-order valence-electron chi connectivity index (χ3n) is 3.19. The van der Waals surface area contributed by atoms with Crippen LogP contribution in [0.25, 0.3) is 0 Å². The molecule has 3 nitrogen and oxygen atoms in total. The fourth-order valence-electron chi connectivity index (χ4n) is 2.35. The molecule has 1 aromatic rings. The van der Waals surface area contributed by atoms with Crippen molar-refractivity contribution in [3.05, 3.63) is 23.3 Å². The van der Waals surface area contributed by atoms with E-state index in [2.05, 4.69) is 4.90 Å². The predicted molar refractivity (Wildman–Crippen MR) is 66.8 cm³/mol. The third-order valence-corrected chi connectivity index (χ3v) is 3.19. The summed E-state index contributed by atoms with van der Waals surface area (Å²) in [7, 11) is 0. The molecular formula is C13H18N2O. The highest BCUT2D eigenvalue weighted by molar-refractivity contribution is 5.88. The minimum absolute atomic E-state index is 0.295. The second-order valence-electron chi connectivity index (χ2n) is 4.39. The van der Waals surface area contributed by atoms with Gasteiger partial charge in [-0.2, -0.15) is 0 Å². The Hall–Kier alpha value is -1.51. The molecular weight excluding hydrogens is 200 g/mol. The van der Waals surface area contributed by atoms with Crippen molar-refractivity contribution < 1.29 is 5.11 Å². The molecule has 2 rings (SSSR count). The lowest BCUT2D eigenvalue weighted by Crippen LogP contribution is -2.30. The Bertz CT molecular complexity index is 395. The average Bonchev–Trinajstić information content (AvgIpc) is 2.29. The Morgan fingerprint density at radius 2 is 1.94 bits per heavy atom. The average molecular weight is 218 g/mol. The predicted octanol–water partition coefficient (Wildman–Crippen LogP) is 2.69. The van der Waals surface area contributed by atoms with Crippen molar-refractivity contribution in [1.29, 1.82) is 5.41 Å². The Kier molecular flexibility index (Phi) is 3.13. The standard InChI is InChI=1S/C13H18N2O/c1-10-7-11(16)8-13(12(10)9-14)15-5-3-2-4-6-15/h7-9,14,16H,2-6H2,1H3. The first kappa shape index (κ1) is 11.0. The van der Waals surface area contributed by atoms with Gasteiger partial charge in [-0.25, -0.2) is 0 Å². The third kappa shape index (κ3) is 2.03. The normalized spacial score (nSPS) is 16.2. The van der Waals surface area contributed by atoms with Gasteiger partial charge in [-0.05, 0) is 37.8 Å². The molecule has 0 amide bonds. The van der Waals surface area contributed by atoms with E-state index in [9.17, 15) is 5.11 Å². The molecule has 0 aliphatic carbocycles. The van der Waals surface area contributed by atoms with Gasteiger partial charge in [0, 0.05) is 36.6 Å². The number of aryl methyl sites for hydroxylation is 1. The van der Waals surface area contributed by atoms with Crippen molar-refractivity contribution in [3.8, 4) is 5.75 Å². The smallest absolute Gasteiger partial charge is 0.117 e. The van der Waals surface area contributed by atoms with Crippen LogP contribution >= 0.6 is 0 Å². The molecule has 1 aromatic carbocycles. The minimum atomic E-state index is 0.295. The highest BCUT2D eigenvalue weighted by atomic mass is 16.3. The second kappa shape index (κ2) is 4.56. The first-order chi connectivity index (χ1) is 7.72. The van der Waals surface area contributed by atoms with Gasteiger partial charge in [0.1, 0.15) is 5.75 Å². The zero-order chi connectivity index (χ0) is 11.5. The molecule has 1 heterocycles. The van der Waals surface area contributed by atoms with Crippen molar-refractivity contribution in [2.24, 2.45) is 0 Å². The van der Waals surface area contributed by atoms with Crippen LogP contribution < -0.4 is 4.90 Å². The summed E-state index contributed by atoms with van der Waals surface area (Å²) in [5.74, 6) is 0.295. The molecule has 1 aliphatic heterocycles. The lowest BCUT2D eigenvalue weighted by Gasteiger charge is -2.30. The van der Waals surface area contributed by atoms with E-state index in [1.807, 2.05) is 6.92 Å². The second-order valence-corrected chi connectivity index (χ2v) is 4.39. The van der Waals surface area contributed by atoms with E-state index in [0.29, 0.717) is 5.75 Å².